The Bertz CT molecular complexity index is 367. The molecule has 1 aliphatic rings. The predicted octanol–water partition coefficient (Wildman–Crippen LogP) is 1.23. The van der Waals surface area contributed by atoms with Crippen LogP contribution in [-0.4, -0.2) is 42.9 Å². The Labute approximate surface area is 115 Å². The molecule has 0 saturated carbocycles. The lowest BCUT2D eigenvalue weighted by Gasteiger charge is -2.15. The first-order valence-electron chi connectivity index (χ1n) is 7.07. The molecule has 1 aromatic carbocycles. The summed E-state index contributed by atoms with van der Waals surface area (Å²) >= 11 is 0. The first-order chi connectivity index (χ1) is 9.31. The molecule has 0 radical (unpaired) electrons. The third-order valence-electron chi connectivity index (χ3n) is 3.67. The highest BCUT2D eigenvalue weighted by atomic mass is 16.5. The first-order valence-corrected chi connectivity index (χ1v) is 7.07. The molecule has 1 unspecified atom stereocenters. The molecule has 1 atom stereocenters. The van der Waals surface area contributed by atoms with Gasteiger partial charge in [-0.1, -0.05) is 12.1 Å². The lowest BCUT2D eigenvalue weighted by Crippen LogP contribution is -2.24. The van der Waals surface area contributed by atoms with Gasteiger partial charge in [-0.2, -0.15) is 0 Å². The van der Waals surface area contributed by atoms with Gasteiger partial charge in [0.1, 0.15) is 5.75 Å². The Morgan fingerprint density at radius 3 is 2.74 bits per heavy atom. The summed E-state index contributed by atoms with van der Waals surface area (Å²) in [5, 5.41) is 9.09. The number of aliphatic hydroxyl groups excluding tert-OH is 1. The maximum Gasteiger partial charge on any atom is 0.119 e. The van der Waals surface area contributed by atoms with Crippen LogP contribution in [0.2, 0.25) is 0 Å². The Morgan fingerprint density at radius 1 is 1.32 bits per heavy atom. The van der Waals surface area contributed by atoms with E-state index in [-0.39, 0.29) is 0 Å². The van der Waals surface area contributed by atoms with Crippen LogP contribution < -0.4 is 10.5 Å². The molecule has 1 aromatic rings. The maximum absolute atomic E-state index is 9.09. The molecule has 0 bridgehead atoms. The Balaban J connectivity index is 1.61. The molecule has 0 spiro atoms. The van der Waals surface area contributed by atoms with Crippen LogP contribution in [0.3, 0.4) is 0 Å². The second-order valence-corrected chi connectivity index (χ2v) is 5.19. The van der Waals surface area contributed by atoms with Crippen LogP contribution in [-0.2, 0) is 6.54 Å². The average molecular weight is 264 g/mol. The number of benzene rings is 1. The Morgan fingerprint density at radius 2 is 2.11 bits per heavy atom. The van der Waals surface area contributed by atoms with Gasteiger partial charge in [-0.15, -0.1) is 0 Å². The molecule has 0 aromatic heterocycles. The SMILES string of the molecule is NCc1ccc(OCCCN2CCC(CO)C2)cc1. The molecule has 1 fully saturated rings. The van der Waals surface area contributed by atoms with Gasteiger partial charge < -0.3 is 20.5 Å². The van der Waals surface area contributed by atoms with Crippen molar-refractivity contribution in [1.29, 1.82) is 0 Å². The van der Waals surface area contributed by atoms with E-state index in [0.29, 0.717) is 19.1 Å². The summed E-state index contributed by atoms with van der Waals surface area (Å²) in [7, 11) is 0. The van der Waals surface area contributed by atoms with Crippen LogP contribution in [0.25, 0.3) is 0 Å². The molecular weight excluding hydrogens is 240 g/mol. The van der Waals surface area contributed by atoms with Crippen molar-refractivity contribution < 1.29 is 9.84 Å². The summed E-state index contributed by atoms with van der Waals surface area (Å²) in [6.45, 7) is 4.82. The molecule has 2 rings (SSSR count). The van der Waals surface area contributed by atoms with E-state index in [0.717, 1.165) is 50.4 Å². The van der Waals surface area contributed by atoms with Crippen molar-refractivity contribution in [2.45, 2.75) is 19.4 Å². The Hall–Kier alpha value is -1.10. The normalized spacial score (nSPS) is 19.8. The van der Waals surface area contributed by atoms with Gasteiger partial charge in [0.15, 0.2) is 0 Å². The van der Waals surface area contributed by atoms with Crippen LogP contribution in [0.1, 0.15) is 18.4 Å². The minimum atomic E-state index is 0.320. The number of nitrogens with two attached hydrogens (primary N) is 1. The monoisotopic (exact) mass is 264 g/mol. The molecule has 4 heteroatoms. The highest BCUT2D eigenvalue weighted by Gasteiger charge is 2.20. The quantitative estimate of drug-likeness (QED) is 0.727. The summed E-state index contributed by atoms with van der Waals surface area (Å²) < 4.78 is 5.70. The van der Waals surface area contributed by atoms with Gasteiger partial charge in [0.25, 0.3) is 0 Å². The highest BCUT2D eigenvalue weighted by molar-refractivity contribution is 5.26. The van der Waals surface area contributed by atoms with Gasteiger partial charge in [-0.25, -0.2) is 0 Å². The van der Waals surface area contributed by atoms with E-state index in [1.807, 2.05) is 24.3 Å². The molecule has 3 N–H and O–H groups in total. The van der Waals surface area contributed by atoms with E-state index in [4.69, 9.17) is 15.6 Å². The van der Waals surface area contributed by atoms with E-state index >= 15 is 0 Å². The number of aliphatic hydroxyl groups is 1. The molecule has 1 aliphatic heterocycles. The highest BCUT2D eigenvalue weighted by Crippen LogP contribution is 2.16. The zero-order valence-electron chi connectivity index (χ0n) is 11.4. The minimum Gasteiger partial charge on any atom is -0.494 e. The van der Waals surface area contributed by atoms with Crippen molar-refractivity contribution in [3.63, 3.8) is 0 Å². The second-order valence-electron chi connectivity index (χ2n) is 5.19. The molecule has 0 aliphatic carbocycles. The van der Waals surface area contributed by atoms with Crippen molar-refractivity contribution in [3.8, 4) is 5.75 Å². The van der Waals surface area contributed by atoms with E-state index in [1.165, 1.54) is 0 Å². The minimum absolute atomic E-state index is 0.320. The molecule has 1 saturated heterocycles. The zero-order valence-corrected chi connectivity index (χ0v) is 11.4. The van der Waals surface area contributed by atoms with Crippen LogP contribution in [0.5, 0.6) is 5.75 Å². The number of ether oxygens (including phenoxy) is 1. The first kappa shape index (κ1) is 14.3. The fraction of sp³-hybridized carbons (Fsp3) is 0.600. The van der Waals surface area contributed by atoms with Gasteiger partial charge in [0.2, 0.25) is 0 Å². The third-order valence-corrected chi connectivity index (χ3v) is 3.67. The van der Waals surface area contributed by atoms with Gasteiger partial charge in [-0.05, 0) is 43.0 Å². The smallest absolute Gasteiger partial charge is 0.119 e. The average Bonchev–Trinajstić information content (AvgIpc) is 2.92. The van der Waals surface area contributed by atoms with Crippen LogP contribution in [0.15, 0.2) is 24.3 Å². The summed E-state index contributed by atoms with van der Waals surface area (Å²) in [6.07, 6.45) is 2.15. The lowest BCUT2D eigenvalue weighted by molar-refractivity contribution is 0.215. The van der Waals surface area contributed by atoms with E-state index in [1.54, 1.807) is 0 Å². The van der Waals surface area contributed by atoms with E-state index in [9.17, 15) is 0 Å². The molecule has 106 valence electrons. The summed E-state index contributed by atoms with van der Waals surface area (Å²) in [5.74, 6) is 1.39. The molecular formula is C15H24N2O2. The fourth-order valence-corrected chi connectivity index (χ4v) is 2.46. The number of rotatable bonds is 7. The largest absolute Gasteiger partial charge is 0.494 e. The number of nitrogens with zero attached hydrogens (tertiary/aromatic N) is 1. The van der Waals surface area contributed by atoms with Crippen LogP contribution in [0, 0.1) is 5.92 Å². The van der Waals surface area contributed by atoms with Gasteiger partial charge >= 0.3 is 0 Å². The van der Waals surface area contributed by atoms with E-state index < -0.39 is 0 Å². The summed E-state index contributed by atoms with van der Waals surface area (Å²) in [5.41, 5.74) is 6.67. The van der Waals surface area contributed by atoms with E-state index in [2.05, 4.69) is 4.90 Å². The summed E-state index contributed by atoms with van der Waals surface area (Å²) in [4.78, 5) is 2.40. The number of hydrogen-bond acceptors (Lipinski definition) is 4. The molecule has 1 heterocycles. The lowest BCUT2D eigenvalue weighted by atomic mass is 10.1. The van der Waals surface area contributed by atoms with Crippen molar-refractivity contribution in [3.05, 3.63) is 29.8 Å². The number of hydrogen-bond donors (Lipinski definition) is 2. The predicted molar refractivity (Wildman–Crippen MR) is 76.1 cm³/mol. The zero-order chi connectivity index (χ0) is 13.5. The molecule has 0 amide bonds. The van der Waals surface area contributed by atoms with Crippen molar-refractivity contribution in [2.24, 2.45) is 11.7 Å². The molecule has 4 nitrogen and oxygen atoms in total. The topological polar surface area (TPSA) is 58.7 Å². The second kappa shape index (κ2) is 7.48. The van der Waals surface area contributed by atoms with Crippen molar-refractivity contribution in [1.82, 2.24) is 4.90 Å². The number of likely N-dealkylation sites (tertiary alicyclic amines) is 1. The third kappa shape index (κ3) is 4.49. The van der Waals surface area contributed by atoms with Crippen LogP contribution >= 0.6 is 0 Å². The van der Waals surface area contributed by atoms with Gasteiger partial charge in [-0.3, -0.25) is 0 Å². The van der Waals surface area contributed by atoms with Crippen molar-refractivity contribution in [2.75, 3.05) is 32.8 Å². The molecule has 19 heavy (non-hydrogen) atoms. The van der Waals surface area contributed by atoms with Gasteiger partial charge in [0, 0.05) is 26.2 Å². The maximum atomic E-state index is 9.09. The van der Waals surface area contributed by atoms with Crippen LogP contribution in [0.4, 0.5) is 0 Å². The fourth-order valence-electron chi connectivity index (χ4n) is 2.46. The summed E-state index contributed by atoms with van der Waals surface area (Å²) in [6, 6.07) is 7.95. The Kier molecular flexibility index (Phi) is 5.63. The van der Waals surface area contributed by atoms with Crippen molar-refractivity contribution >= 4 is 0 Å². The van der Waals surface area contributed by atoms with Gasteiger partial charge in [0.05, 0.1) is 6.61 Å². The standard InChI is InChI=1S/C15H24N2O2/c16-10-13-2-4-15(5-3-13)19-9-1-7-17-8-6-14(11-17)12-18/h2-5,14,18H,1,6-12,16H2.